The molecule has 0 N–H and O–H groups in total. The van der Waals surface area contributed by atoms with E-state index in [1.165, 1.54) is 7.11 Å². The molecule has 0 saturated heterocycles. The van der Waals surface area contributed by atoms with Gasteiger partial charge >= 0.3 is 0 Å². The zero-order chi connectivity index (χ0) is 10.6. The molecule has 0 saturated carbocycles. The van der Waals surface area contributed by atoms with E-state index in [0.717, 1.165) is 0 Å². The maximum absolute atomic E-state index is 8.69. The Morgan fingerprint density at radius 2 is 2.43 bits per heavy atom. The number of nitriles is 1. The van der Waals surface area contributed by atoms with Crippen LogP contribution in [0.1, 0.15) is 11.3 Å². The van der Waals surface area contributed by atoms with Crippen LogP contribution in [0, 0.1) is 11.3 Å². The number of hydrogen-bond acceptors (Lipinski definition) is 4. The second-order valence-electron chi connectivity index (χ2n) is 2.43. The highest BCUT2D eigenvalue weighted by Crippen LogP contribution is 2.30. The predicted octanol–water partition coefficient (Wildman–Crippen LogP) is 1.94. The molecule has 4 nitrogen and oxygen atoms in total. The standard InChI is InChI=1S/C10H9N3O/c1-4-7-5-8(6-11)13-10(14-3)9(7)12-2/h4-5H,1-2H2,3H3. The summed E-state index contributed by atoms with van der Waals surface area (Å²) in [5.74, 6) is 0.286. The van der Waals surface area contributed by atoms with Crippen molar-refractivity contribution in [1.29, 1.82) is 5.26 Å². The SMILES string of the molecule is C=Cc1cc(C#N)nc(OC)c1N=C. The van der Waals surface area contributed by atoms with Crippen molar-refractivity contribution in [2.45, 2.75) is 0 Å². The first kappa shape index (κ1) is 9.93. The van der Waals surface area contributed by atoms with E-state index in [9.17, 15) is 0 Å². The van der Waals surface area contributed by atoms with Gasteiger partial charge in [0, 0.05) is 5.56 Å². The van der Waals surface area contributed by atoms with Gasteiger partial charge in [-0.15, -0.1) is 0 Å². The number of ether oxygens (including phenoxy) is 1. The van der Waals surface area contributed by atoms with Crippen molar-refractivity contribution in [3.05, 3.63) is 23.9 Å². The third-order valence-corrected chi connectivity index (χ3v) is 1.68. The summed E-state index contributed by atoms with van der Waals surface area (Å²) in [6, 6.07) is 3.51. The molecule has 0 fully saturated rings. The van der Waals surface area contributed by atoms with Crippen LogP contribution < -0.4 is 4.74 Å². The van der Waals surface area contributed by atoms with Gasteiger partial charge in [0.05, 0.1) is 7.11 Å². The Kier molecular flexibility index (Phi) is 2.97. The van der Waals surface area contributed by atoms with E-state index in [1.807, 2.05) is 6.07 Å². The molecule has 0 aliphatic heterocycles. The van der Waals surface area contributed by atoms with Crippen molar-refractivity contribution >= 4 is 18.5 Å². The highest BCUT2D eigenvalue weighted by atomic mass is 16.5. The normalized spacial score (nSPS) is 8.86. The quantitative estimate of drug-likeness (QED) is 0.679. The van der Waals surface area contributed by atoms with Crippen molar-refractivity contribution in [2.75, 3.05) is 7.11 Å². The number of aromatic nitrogens is 1. The highest BCUT2D eigenvalue weighted by molar-refractivity contribution is 5.70. The molecule has 1 aromatic heterocycles. The lowest BCUT2D eigenvalue weighted by molar-refractivity contribution is 0.399. The molecule has 14 heavy (non-hydrogen) atoms. The van der Waals surface area contributed by atoms with E-state index in [4.69, 9.17) is 10.00 Å². The van der Waals surface area contributed by atoms with Crippen LogP contribution >= 0.6 is 0 Å². The monoisotopic (exact) mass is 187 g/mol. The summed E-state index contributed by atoms with van der Waals surface area (Å²) in [5.41, 5.74) is 1.45. The van der Waals surface area contributed by atoms with Gasteiger partial charge in [-0.1, -0.05) is 12.7 Å². The molecule has 0 aliphatic rings. The van der Waals surface area contributed by atoms with E-state index in [0.29, 0.717) is 11.3 Å². The van der Waals surface area contributed by atoms with Crippen LogP contribution in [0.4, 0.5) is 5.69 Å². The Morgan fingerprint density at radius 3 is 2.86 bits per heavy atom. The lowest BCUT2D eigenvalue weighted by atomic mass is 10.2. The Bertz CT molecular complexity index is 418. The maximum Gasteiger partial charge on any atom is 0.241 e. The molecule has 0 spiro atoms. The largest absolute Gasteiger partial charge is 0.479 e. The van der Waals surface area contributed by atoms with Crippen molar-refractivity contribution in [3.63, 3.8) is 0 Å². The number of rotatable bonds is 3. The van der Waals surface area contributed by atoms with E-state index in [-0.39, 0.29) is 11.6 Å². The van der Waals surface area contributed by atoms with Gasteiger partial charge in [-0.2, -0.15) is 5.26 Å². The predicted molar refractivity (Wildman–Crippen MR) is 54.8 cm³/mol. The Hall–Kier alpha value is -2.15. The van der Waals surface area contributed by atoms with Crippen molar-refractivity contribution in [2.24, 2.45) is 4.99 Å². The number of nitrogens with zero attached hydrogens (tertiary/aromatic N) is 3. The van der Waals surface area contributed by atoms with Crippen molar-refractivity contribution < 1.29 is 4.74 Å². The second-order valence-corrected chi connectivity index (χ2v) is 2.43. The smallest absolute Gasteiger partial charge is 0.241 e. The van der Waals surface area contributed by atoms with Crippen LogP contribution in [-0.4, -0.2) is 18.8 Å². The highest BCUT2D eigenvalue weighted by Gasteiger charge is 2.09. The number of aliphatic imine (C=N–C) groups is 1. The van der Waals surface area contributed by atoms with E-state index in [1.54, 1.807) is 12.1 Å². The number of methoxy groups -OCH3 is 1. The summed E-state index contributed by atoms with van der Waals surface area (Å²) < 4.78 is 4.98. The zero-order valence-electron chi connectivity index (χ0n) is 7.82. The van der Waals surface area contributed by atoms with Gasteiger partial charge < -0.3 is 4.74 Å². The van der Waals surface area contributed by atoms with Gasteiger partial charge in [0.2, 0.25) is 5.88 Å². The first-order chi connectivity index (χ1) is 6.76. The zero-order valence-corrected chi connectivity index (χ0v) is 7.82. The van der Waals surface area contributed by atoms with E-state index < -0.39 is 0 Å². The molecular weight excluding hydrogens is 178 g/mol. The van der Waals surface area contributed by atoms with Crippen LogP contribution in [0.5, 0.6) is 5.88 Å². The fourth-order valence-corrected chi connectivity index (χ4v) is 1.05. The van der Waals surface area contributed by atoms with Crippen LogP contribution in [0.15, 0.2) is 17.6 Å². The minimum atomic E-state index is 0.268. The fourth-order valence-electron chi connectivity index (χ4n) is 1.05. The maximum atomic E-state index is 8.69. The average Bonchev–Trinajstić information content (AvgIpc) is 2.26. The van der Waals surface area contributed by atoms with Crippen molar-refractivity contribution in [1.82, 2.24) is 4.98 Å². The minimum Gasteiger partial charge on any atom is -0.479 e. The number of pyridine rings is 1. The molecule has 0 aromatic carbocycles. The van der Waals surface area contributed by atoms with Gasteiger partial charge in [-0.25, -0.2) is 4.98 Å². The summed E-state index contributed by atoms with van der Waals surface area (Å²) in [5, 5.41) is 8.69. The Balaban J connectivity index is 3.48. The van der Waals surface area contributed by atoms with Gasteiger partial charge in [0.25, 0.3) is 0 Å². The second kappa shape index (κ2) is 4.19. The summed E-state index contributed by atoms with van der Waals surface area (Å²) in [6.45, 7) is 7.01. The minimum absolute atomic E-state index is 0.268. The third-order valence-electron chi connectivity index (χ3n) is 1.68. The summed E-state index contributed by atoms with van der Waals surface area (Å²) in [6.07, 6.45) is 1.58. The first-order valence-electron chi connectivity index (χ1n) is 3.85. The molecule has 0 atom stereocenters. The van der Waals surface area contributed by atoms with Crippen LogP contribution in [0.2, 0.25) is 0 Å². The van der Waals surface area contributed by atoms with E-state index >= 15 is 0 Å². The molecule has 1 rings (SSSR count). The summed E-state index contributed by atoms with van der Waals surface area (Å²) in [4.78, 5) is 7.69. The van der Waals surface area contributed by atoms with Gasteiger partial charge in [-0.3, -0.25) is 4.99 Å². The Labute approximate surface area is 82.2 Å². The van der Waals surface area contributed by atoms with Crippen LogP contribution in [0.25, 0.3) is 6.08 Å². The molecule has 4 heteroatoms. The average molecular weight is 187 g/mol. The van der Waals surface area contributed by atoms with Gasteiger partial charge in [0.1, 0.15) is 17.5 Å². The third kappa shape index (κ3) is 1.62. The molecule has 1 heterocycles. The van der Waals surface area contributed by atoms with E-state index in [2.05, 4.69) is 23.3 Å². The molecule has 1 aromatic rings. The lowest BCUT2D eigenvalue weighted by Gasteiger charge is -2.06. The molecule has 0 bridgehead atoms. The summed E-state index contributed by atoms with van der Waals surface area (Å²) >= 11 is 0. The molecule has 0 radical (unpaired) electrons. The van der Waals surface area contributed by atoms with Crippen LogP contribution in [-0.2, 0) is 0 Å². The van der Waals surface area contributed by atoms with Gasteiger partial charge in [-0.05, 0) is 12.8 Å². The molecule has 0 aliphatic carbocycles. The van der Waals surface area contributed by atoms with Crippen LogP contribution in [0.3, 0.4) is 0 Å². The fraction of sp³-hybridized carbons (Fsp3) is 0.100. The Morgan fingerprint density at radius 1 is 1.71 bits per heavy atom. The van der Waals surface area contributed by atoms with Crippen molar-refractivity contribution in [3.8, 4) is 11.9 Å². The first-order valence-corrected chi connectivity index (χ1v) is 3.85. The molecule has 0 amide bonds. The lowest BCUT2D eigenvalue weighted by Crippen LogP contribution is -1.93. The molecule has 0 unspecified atom stereocenters. The van der Waals surface area contributed by atoms with Gasteiger partial charge in [0.15, 0.2) is 0 Å². The molecular formula is C10H9N3O. The number of hydrogen-bond donors (Lipinski definition) is 0. The summed E-state index contributed by atoms with van der Waals surface area (Å²) in [7, 11) is 1.46. The molecule has 70 valence electrons. The topological polar surface area (TPSA) is 58.3 Å².